The number of aromatic nitrogens is 1. The molecular weight excluding hydrogens is 242 g/mol. The quantitative estimate of drug-likeness (QED) is 0.691. The zero-order chi connectivity index (χ0) is 13.5. The molecule has 1 aliphatic rings. The molecule has 0 spiro atoms. The van der Waals surface area contributed by atoms with Crippen LogP contribution in [0.3, 0.4) is 0 Å². The second-order valence-corrected chi connectivity index (χ2v) is 4.84. The average Bonchev–Trinajstić information content (AvgIpc) is 3.26. The highest BCUT2D eigenvalue weighted by molar-refractivity contribution is 5.46. The third-order valence-electron chi connectivity index (χ3n) is 3.26. The van der Waals surface area contributed by atoms with E-state index in [1.54, 1.807) is 13.3 Å². The standard InChI is InChI=1S/C14H23N3O2/c1-19-10-8-17(7-9-18)14-12(3-2-6-15-14)11-16-13-4-5-13/h2-3,6,13,16,18H,4-5,7-11H2,1H3. The van der Waals surface area contributed by atoms with Crippen molar-refractivity contribution < 1.29 is 9.84 Å². The summed E-state index contributed by atoms with van der Waals surface area (Å²) >= 11 is 0. The van der Waals surface area contributed by atoms with Gasteiger partial charge in [-0.15, -0.1) is 0 Å². The maximum atomic E-state index is 9.19. The van der Waals surface area contributed by atoms with Crippen LogP contribution in [0.4, 0.5) is 5.82 Å². The van der Waals surface area contributed by atoms with Crippen LogP contribution in [-0.2, 0) is 11.3 Å². The monoisotopic (exact) mass is 265 g/mol. The molecule has 1 aromatic rings. The van der Waals surface area contributed by atoms with Crippen LogP contribution in [0.25, 0.3) is 0 Å². The minimum atomic E-state index is 0.121. The first-order chi connectivity index (χ1) is 9.35. The average molecular weight is 265 g/mol. The van der Waals surface area contributed by atoms with E-state index in [1.165, 1.54) is 18.4 Å². The summed E-state index contributed by atoms with van der Waals surface area (Å²) in [6.45, 7) is 2.91. The van der Waals surface area contributed by atoms with Crippen molar-refractivity contribution in [3.63, 3.8) is 0 Å². The van der Waals surface area contributed by atoms with Crippen LogP contribution in [-0.4, -0.2) is 49.5 Å². The number of hydrogen-bond donors (Lipinski definition) is 2. The molecule has 0 bridgehead atoms. The van der Waals surface area contributed by atoms with E-state index >= 15 is 0 Å². The summed E-state index contributed by atoms with van der Waals surface area (Å²) in [4.78, 5) is 6.54. The van der Waals surface area contributed by atoms with Crippen molar-refractivity contribution in [3.05, 3.63) is 23.9 Å². The lowest BCUT2D eigenvalue weighted by molar-refractivity contribution is 0.202. The van der Waals surface area contributed by atoms with Gasteiger partial charge in [-0.1, -0.05) is 6.07 Å². The first-order valence-corrected chi connectivity index (χ1v) is 6.87. The molecule has 1 heterocycles. The van der Waals surface area contributed by atoms with Crippen LogP contribution >= 0.6 is 0 Å². The fraction of sp³-hybridized carbons (Fsp3) is 0.643. The molecule has 0 aliphatic heterocycles. The summed E-state index contributed by atoms with van der Waals surface area (Å²) in [6.07, 6.45) is 4.35. The molecule has 2 N–H and O–H groups in total. The number of rotatable bonds is 9. The molecule has 1 aliphatic carbocycles. The van der Waals surface area contributed by atoms with Crippen LogP contribution < -0.4 is 10.2 Å². The molecule has 1 saturated carbocycles. The van der Waals surface area contributed by atoms with E-state index in [9.17, 15) is 5.11 Å². The smallest absolute Gasteiger partial charge is 0.133 e. The lowest BCUT2D eigenvalue weighted by atomic mass is 10.2. The molecule has 2 rings (SSSR count). The van der Waals surface area contributed by atoms with Gasteiger partial charge < -0.3 is 20.1 Å². The van der Waals surface area contributed by atoms with Crippen molar-refractivity contribution in [2.24, 2.45) is 0 Å². The molecule has 19 heavy (non-hydrogen) atoms. The Labute approximate surface area is 114 Å². The predicted molar refractivity (Wildman–Crippen MR) is 75.3 cm³/mol. The molecule has 0 radical (unpaired) electrons. The Hall–Kier alpha value is -1.17. The largest absolute Gasteiger partial charge is 0.395 e. The maximum Gasteiger partial charge on any atom is 0.133 e. The third-order valence-corrected chi connectivity index (χ3v) is 3.26. The Bertz CT molecular complexity index is 383. The molecule has 0 aromatic carbocycles. The van der Waals surface area contributed by atoms with Gasteiger partial charge in [0.25, 0.3) is 0 Å². The predicted octanol–water partition coefficient (Wildman–Crippen LogP) is 0.779. The van der Waals surface area contributed by atoms with Gasteiger partial charge in [0.1, 0.15) is 5.82 Å². The van der Waals surface area contributed by atoms with Gasteiger partial charge in [0, 0.05) is 44.5 Å². The summed E-state index contributed by atoms with van der Waals surface area (Å²) in [5.74, 6) is 0.946. The Morgan fingerprint density at radius 1 is 1.47 bits per heavy atom. The molecule has 0 unspecified atom stereocenters. The second-order valence-electron chi connectivity index (χ2n) is 4.84. The summed E-state index contributed by atoms with van der Waals surface area (Å²) in [7, 11) is 1.69. The topological polar surface area (TPSA) is 57.6 Å². The summed E-state index contributed by atoms with van der Waals surface area (Å²) in [5, 5.41) is 12.7. The molecule has 106 valence electrons. The van der Waals surface area contributed by atoms with Gasteiger partial charge in [-0.3, -0.25) is 0 Å². The highest BCUT2D eigenvalue weighted by atomic mass is 16.5. The van der Waals surface area contributed by atoms with Crippen molar-refractivity contribution in [2.75, 3.05) is 38.3 Å². The van der Waals surface area contributed by atoms with Crippen molar-refractivity contribution in [1.82, 2.24) is 10.3 Å². The first-order valence-electron chi connectivity index (χ1n) is 6.87. The van der Waals surface area contributed by atoms with E-state index < -0.39 is 0 Å². The number of hydrogen-bond acceptors (Lipinski definition) is 5. The molecule has 1 fully saturated rings. The van der Waals surface area contributed by atoms with E-state index in [-0.39, 0.29) is 6.61 Å². The molecule has 5 nitrogen and oxygen atoms in total. The molecular formula is C14H23N3O2. The highest BCUT2D eigenvalue weighted by Gasteiger charge is 2.21. The Kier molecular flexibility index (Phi) is 5.57. The van der Waals surface area contributed by atoms with E-state index in [4.69, 9.17) is 4.74 Å². The van der Waals surface area contributed by atoms with Gasteiger partial charge in [-0.05, 0) is 18.9 Å². The Balaban J connectivity index is 2.04. The van der Waals surface area contributed by atoms with Gasteiger partial charge in [-0.25, -0.2) is 4.98 Å². The Morgan fingerprint density at radius 3 is 3.00 bits per heavy atom. The second kappa shape index (κ2) is 7.43. The van der Waals surface area contributed by atoms with E-state index in [0.717, 1.165) is 18.9 Å². The SMILES string of the molecule is COCCN(CCO)c1ncccc1CNC1CC1. The normalized spacial score (nSPS) is 14.6. The van der Waals surface area contributed by atoms with E-state index in [0.29, 0.717) is 19.2 Å². The number of nitrogens with one attached hydrogen (secondary N) is 1. The van der Waals surface area contributed by atoms with Gasteiger partial charge in [0.15, 0.2) is 0 Å². The van der Waals surface area contributed by atoms with Crippen molar-refractivity contribution in [1.29, 1.82) is 0 Å². The van der Waals surface area contributed by atoms with Gasteiger partial charge in [0.05, 0.1) is 13.2 Å². The fourth-order valence-electron chi connectivity index (χ4n) is 2.04. The van der Waals surface area contributed by atoms with Crippen molar-refractivity contribution >= 4 is 5.82 Å². The van der Waals surface area contributed by atoms with Crippen LogP contribution in [0.5, 0.6) is 0 Å². The number of nitrogens with zero attached hydrogens (tertiary/aromatic N) is 2. The summed E-state index contributed by atoms with van der Waals surface area (Å²) in [5.41, 5.74) is 1.18. The number of pyridine rings is 1. The zero-order valence-corrected chi connectivity index (χ0v) is 11.5. The van der Waals surface area contributed by atoms with Crippen LogP contribution in [0.2, 0.25) is 0 Å². The van der Waals surface area contributed by atoms with Crippen LogP contribution in [0.1, 0.15) is 18.4 Å². The number of aliphatic hydroxyl groups excluding tert-OH is 1. The maximum absolute atomic E-state index is 9.19. The summed E-state index contributed by atoms with van der Waals surface area (Å²) in [6, 6.07) is 4.73. The molecule has 0 atom stereocenters. The Morgan fingerprint density at radius 2 is 2.32 bits per heavy atom. The van der Waals surface area contributed by atoms with Crippen LogP contribution in [0, 0.1) is 0 Å². The molecule has 0 amide bonds. The van der Waals surface area contributed by atoms with Gasteiger partial charge in [0.2, 0.25) is 0 Å². The lowest BCUT2D eigenvalue weighted by Gasteiger charge is -2.25. The number of ether oxygens (including phenoxy) is 1. The number of anilines is 1. The first kappa shape index (κ1) is 14.2. The number of aliphatic hydroxyl groups is 1. The van der Waals surface area contributed by atoms with Gasteiger partial charge in [-0.2, -0.15) is 0 Å². The van der Waals surface area contributed by atoms with E-state index in [1.807, 2.05) is 6.07 Å². The number of methoxy groups -OCH3 is 1. The summed E-state index contributed by atoms with van der Waals surface area (Å²) < 4.78 is 5.12. The van der Waals surface area contributed by atoms with Crippen molar-refractivity contribution in [2.45, 2.75) is 25.4 Å². The lowest BCUT2D eigenvalue weighted by Crippen LogP contribution is -2.32. The minimum Gasteiger partial charge on any atom is -0.395 e. The molecule has 0 saturated heterocycles. The fourth-order valence-corrected chi connectivity index (χ4v) is 2.04. The zero-order valence-electron chi connectivity index (χ0n) is 11.5. The molecule has 5 heteroatoms. The van der Waals surface area contributed by atoms with E-state index in [2.05, 4.69) is 21.3 Å². The minimum absolute atomic E-state index is 0.121. The third kappa shape index (κ3) is 4.45. The van der Waals surface area contributed by atoms with Crippen LogP contribution in [0.15, 0.2) is 18.3 Å². The van der Waals surface area contributed by atoms with Gasteiger partial charge >= 0.3 is 0 Å². The highest BCUT2D eigenvalue weighted by Crippen LogP contribution is 2.22. The molecule has 1 aromatic heterocycles. The van der Waals surface area contributed by atoms with Crippen molar-refractivity contribution in [3.8, 4) is 0 Å².